The van der Waals surface area contributed by atoms with Crippen LogP contribution in [0, 0.1) is 0 Å². The number of hydrogen-bond acceptors (Lipinski definition) is 19. The van der Waals surface area contributed by atoms with Crippen molar-refractivity contribution in [3.8, 4) is 45.0 Å². The van der Waals surface area contributed by atoms with Crippen LogP contribution < -0.4 is 31.9 Å². The highest BCUT2D eigenvalue weighted by Crippen LogP contribution is 2.41. The zero-order valence-electron chi connectivity index (χ0n) is 72.4. The minimum absolute atomic E-state index is 0.114. The molecule has 12 aromatic carbocycles. The van der Waals surface area contributed by atoms with E-state index in [9.17, 15) is 27.6 Å². The molecule has 35 heteroatoms. The Morgan fingerprint density at radius 1 is 0.362 bits per heavy atom. The highest BCUT2D eigenvalue weighted by atomic mass is 35.5. The predicted molar refractivity (Wildman–Crippen MR) is 554 cm³/mol. The average molecular weight is 2020 g/mol. The molecule has 1 fully saturated rings. The minimum Gasteiger partial charge on any atom is -0.352 e. The predicted octanol–water partition coefficient (Wildman–Crippen LogP) is 25.1. The number of sulfone groups is 1. The molecule has 0 radical (unpaired) electrons. The van der Waals surface area contributed by atoms with Crippen molar-refractivity contribution < 1.29 is 27.6 Å². The van der Waals surface area contributed by atoms with Crippen molar-refractivity contribution in [2.24, 2.45) is 0 Å². The van der Waals surface area contributed by atoms with E-state index in [0.29, 0.717) is 110 Å². The molecule has 20 rings (SSSR count). The van der Waals surface area contributed by atoms with Gasteiger partial charge in [0.25, 0.3) is 23.6 Å². The fraction of sp³-hybridized carbons (Fsp3) is 0.0777. The number of thioether (sulfide) groups is 1. The van der Waals surface area contributed by atoms with Crippen molar-refractivity contribution in [3.63, 3.8) is 0 Å². The molecule has 8 heterocycles. The molecule has 7 aromatic heterocycles. The second-order valence-electron chi connectivity index (χ2n) is 31.3. The Morgan fingerprint density at radius 3 is 1.10 bits per heavy atom. The number of amides is 4. The zero-order chi connectivity index (χ0) is 95.8. The lowest BCUT2D eigenvalue weighted by Crippen LogP contribution is -2.42. The number of rotatable bonds is 23. The van der Waals surface area contributed by atoms with Crippen LogP contribution in [0.15, 0.2) is 327 Å². The fourth-order valence-corrected chi connectivity index (χ4v) is 19.2. The fourth-order valence-electron chi connectivity index (χ4n) is 15.4. The first-order valence-electron chi connectivity index (χ1n) is 42.7. The highest BCUT2D eigenvalue weighted by molar-refractivity contribution is 7.98. The molecule has 1 aliphatic heterocycles. The Kier molecular flexibility index (Phi) is 30.8. The van der Waals surface area contributed by atoms with Crippen LogP contribution in [0.2, 0.25) is 40.2 Å². The Balaban J connectivity index is 0.000000127. The summed E-state index contributed by atoms with van der Waals surface area (Å²) in [6.45, 7) is 5.33. The number of fused-ring (bicyclic) bond motifs is 4. The van der Waals surface area contributed by atoms with E-state index in [0.717, 1.165) is 138 Å². The van der Waals surface area contributed by atoms with Gasteiger partial charge in [-0.15, -0.1) is 0 Å². The summed E-state index contributed by atoms with van der Waals surface area (Å²) in [6, 6.07) is 81.5. The van der Waals surface area contributed by atoms with Crippen molar-refractivity contribution in [2.75, 3.05) is 52.8 Å². The number of aromatic amines is 3. The second kappa shape index (κ2) is 44.4. The second-order valence-corrected chi connectivity index (χ2v) is 37.4. The smallest absolute Gasteiger partial charge is 0.257 e. The SMILES string of the molecule is O=C(Nc1ccc(Cl)c(-c2nccc3ccccc23)c1)c1ccc(CN2CCNCC2)cc1Cl.O=C(Nc1ccc(Cl)c(-c2nccc3ccccc23)c1)c1ccc(CNc2ncc[nH]2)cc1Cl.O=C(Nc1ccc(Cl)c(-c2nccc3ccccc23)c1)c1ccc(CS(=O)(=O)c2ncn[nH]2)cc1Cl.O=C(Nc1ccc(Cl)c(-c2nccc3ccccc23)c1)c1ccc(CSc2ncn[nH]2)cc1Cl. The number of hydrogen-bond donors (Lipinski definition) is 9. The van der Waals surface area contributed by atoms with Crippen molar-refractivity contribution >= 4 is 210 Å². The van der Waals surface area contributed by atoms with Gasteiger partial charge in [-0.05, 0) is 189 Å². The van der Waals surface area contributed by atoms with Gasteiger partial charge in [0.2, 0.25) is 15.0 Å². The van der Waals surface area contributed by atoms with E-state index < -0.39 is 15.7 Å². The van der Waals surface area contributed by atoms with Crippen LogP contribution in [0.3, 0.4) is 0 Å². The normalized spacial score (nSPS) is 11.9. The third-order valence-corrected chi connectivity index (χ3v) is 27.1. The van der Waals surface area contributed by atoms with E-state index in [-0.39, 0.29) is 39.2 Å². The molecule has 9 N–H and O–H groups in total. The van der Waals surface area contributed by atoms with Crippen LogP contribution in [-0.2, 0) is 34.4 Å². The Labute approximate surface area is 835 Å². The third-order valence-electron chi connectivity index (χ3n) is 22.1. The molecule has 688 valence electrons. The lowest BCUT2D eigenvalue weighted by Gasteiger charge is -2.27. The van der Waals surface area contributed by atoms with E-state index in [1.54, 1.807) is 122 Å². The van der Waals surface area contributed by atoms with Crippen molar-refractivity contribution in [1.82, 2.24) is 70.5 Å². The topological polar surface area (TPSA) is 341 Å². The molecular weight excluding hydrogens is 1950 g/mol. The summed E-state index contributed by atoms with van der Waals surface area (Å²) in [7, 11) is -3.73. The molecule has 25 nitrogen and oxygen atoms in total. The number of pyridine rings is 4. The van der Waals surface area contributed by atoms with Gasteiger partial charge in [0.15, 0.2) is 11.1 Å². The van der Waals surface area contributed by atoms with Crippen LogP contribution in [0.1, 0.15) is 63.7 Å². The summed E-state index contributed by atoms with van der Waals surface area (Å²) in [5, 5.41) is 42.7. The number of benzene rings is 12. The molecular formula is C103H77Cl8N19O6S2. The Morgan fingerprint density at radius 2 is 0.725 bits per heavy atom. The van der Waals surface area contributed by atoms with Gasteiger partial charge in [-0.25, -0.2) is 23.4 Å². The van der Waals surface area contributed by atoms with E-state index in [1.807, 2.05) is 164 Å². The summed E-state index contributed by atoms with van der Waals surface area (Å²) < 4.78 is 24.8. The summed E-state index contributed by atoms with van der Waals surface area (Å²) in [6.07, 6.45) is 13.0. The van der Waals surface area contributed by atoms with E-state index in [2.05, 4.69) is 97.1 Å². The van der Waals surface area contributed by atoms with Crippen molar-refractivity contribution in [1.29, 1.82) is 0 Å². The van der Waals surface area contributed by atoms with Crippen LogP contribution in [0.5, 0.6) is 0 Å². The highest BCUT2D eigenvalue weighted by Gasteiger charge is 2.25. The lowest BCUT2D eigenvalue weighted by molar-refractivity contribution is 0.101. The number of halogens is 8. The third kappa shape index (κ3) is 23.4. The minimum atomic E-state index is -3.73. The maximum Gasteiger partial charge on any atom is 0.257 e. The Hall–Kier alpha value is -14.0. The molecule has 4 amide bonds. The summed E-state index contributed by atoms with van der Waals surface area (Å²) in [5.74, 6) is -0.371. The Bertz CT molecular complexity index is 7620. The molecule has 19 aromatic rings. The first kappa shape index (κ1) is 95.7. The molecule has 0 saturated carbocycles. The molecule has 0 atom stereocenters. The van der Waals surface area contributed by atoms with Gasteiger partial charge in [0.1, 0.15) is 12.7 Å². The molecule has 1 saturated heterocycles. The molecule has 0 spiro atoms. The monoisotopic (exact) mass is 2020 g/mol. The van der Waals surface area contributed by atoms with Gasteiger partial charge >= 0.3 is 0 Å². The van der Waals surface area contributed by atoms with Crippen molar-refractivity contribution in [3.05, 3.63) is 401 Å². The number of anilines is 5. The van der Waals surface area contributed by atoms with Crippen LogP contribution in [0.4, 0.5) is 28.7 Å². The number of piperazine rings is 1. The van der Waals surface area contributed by atoms with E-state index in [4.69, 9.17) is 92.8 Å². The maximum atomic E-state index is 13.0. The lowest BCUT2D eigenvalue weighted by atomic mass is 10.0. The molecule has 0 unspecified atom stereocenters. The van der Waals surface area contributed by atoms with Gasteiger partial charge in [0.05, 0.1) is 91.0 Å². The van der Waals surface area contributed by atoms with Crippen LogP contribution in [-0.4, -0.2) is 123 Å². The number of imidazole rings is 1. The zero-order valence-corrected chi connectivity index (χ0v) is 80.1. The van der Waals surface area contributed by atoms with E-state index in [1.165, 1.54) is 36.3 Å². The molecule has 138 heavy (non-hydrogen) atoms. The largest absolute Gasteiger partial charge is 0.352 e. The molecule has 0 aliphatic carbocycles. The summed E-state index contributed by atoms with van der Waals surface area (Å²) >= 11 is 53.2. The number of aromatic nitrogens is 12. The van der Waals surface area contributed by atoms with Gasteiger partial charge < -0.3 is 36.9 Å². The molecule has 0 bridgehead atoms. The summed E-state index contributed by atoms with van der Waals surface area (Å²) in [5.41, 5.74) is 13.0. The number of nitrogens with zero attached hydrogens (tertiary/aromatic N) is 10. The first-order chi connectivity index (χ1) is 67.1. The van der Waals surface area contributed by atoms with E-state index >= 15 is 0 Å². The van der Waals surface area contributed by atoms with Crippen LogP contribution >= 0.6 is 105 Å². The van der Waals surface area contributed by atoms with Crippen LogP contribution in [0.25, 0.3) is 88.1 Å². The standard InChI is InChI=1S/C27H24Cl2N4O.C26H19Cl2N5O.C25H17Cl2N5O3S.C25H17Cl2N5OS/c28-24-8-6-20(16-23(24)26-21-4-2-1-3-19(21)9-10-31-26)32-27(34)22-7-5-18(15-25(22)29)17-33-13-11-30-12-14-33;27-22-8-6-18(14-21(22)24-19-4-2-1-3-17(19)9-10-29-24)33-25(34)20-7-5-16(13-23(20)28)15-32-26-30-11-12-31-26;26-21-8-6-17(12-20(21)23-18-4-2-1-3-16(18)9-10-28-23)31-24(33)19-7-5-15(11-22(19)27)13-36(34,35)25-29-14-30-32-25;26-21-8-6-17(12-20(21)23-18-4-2-1-3-16(18)9-10-28-23)31-24(33)19-7-5-15(11-22(19)27)13-34-25-29-14-30-32-25/h1-10,15-16,30H,11-14,17H2,(H,32,34);1-14H,15H2,(H,33,34)(H2,30,31,32);1-12,14H,13H2,(H,31,33)(H,29,30,32);1-12,14H,13H2,(H,31,33)(H,29,30,32). The average Bonchev–Trinajstić information content (AvgIpc) is 0.822. The number of carbonyl (C=O) groups excluding carboxylic acids is 4. The first-order valence-corrected chi connectivity index (χ1v) is 48.4. The molecule has 1 aliphatic rings. The number of nitrogens with one attached hydrogen (secondary N) is 9. The van der Waals surface area contributed by atoms with Gasteiger partial charge in [-0.1, -0.05) is 226 Å². The number of carbonyl (C=O) groups is 4. The maximum absolute atomic E-state index is 13.0. The van der Waals surface area contributed by atoms with Crippen molar-refractivity contribution in [2.45, 2.75) is 34.9 Å². The van der Waals surface area contributed by atoms with Gasteiger partial charge in [-0.2, -0.15) is 10.2 Å². The van der Waals surface area contributed by atoms with Gasteiger partial charge in [-0.3, -0.25) is 54.2 Å². The summed E-state index contributed by atoms with van der Waals surface area (Å²) in [4.78, 5) is 87.3. The quantitative estimate of drug-likeness (QED) is 0.0269. The van der Waals surface area contributed by atoms with Gasteiger partial charge in [0, 0.05) is 149 Å². The number of H-pyrrole nitrogens is 3.